The zero-order valence-corrected chi connectivity index (χ0v) is 15.5. The fourth-order valence-corrected chi connectivity index (χ4v) is 2.84. The van der Waals surface area contributed by atoms with Gasteiger partial charge < -0.3 is 14.4 Å². The van der Waals surface area contributed by atoms with E-state index in [0.29, 0.717) is 28.8 Å². The SMILES string of the molecule is O=C(CCc1nc(-c2ccc(Cl)cc2)no1)Nc1ccccc1-n1ccnc1. The molecule has 2 aromatic carbocycles. The molecule has 1 N–H and O–H groups in total. The van der Waals surface area contributed by atoms with Gasteiger partial charge in [-0.1, -0.05) is 28.9 Å². The Morgan fingerprint density at radius 1 is 1.14 bits per heavy atom. The topological polar surface area (TPSA) is 85.8 Å². The summed E-state index contributed by atoms with van der Waals surface area (Å²) in [5, 5.41) is 7.52. The molecule has 0 radical (unpaired) electrons. The van der Waals surface area contributed by atoms with Gasteiger partial charge in [-0.05, 0) is 36.4 Å². The maximum Gasteiger partial charge on any atom is 0.227 e. The number of carbonyl (C=O) groups is 1. The first kappa shape index (κ1) is 17.9. The second-order valence-corrected chi connectivity index (χ2v) is 6.49. The van der Waals surface area contributed by atoms with Gasteiger partial charge in [-0.2, -0.15) is 4.98 Å². The number of anilines is 1. The Hall–Kier alpha value is -3.45. The number of hydrogen-bond acceptors (Lipinski definition) is 5. The molecule has 0 bridgehead atoms. The number of benzene rings is 2. The molecule has 4 aromatic rings. The van der Waals surface area contributed by atoms with Gasteiger partial charge in [0.2, 0.25) is 17.6 Å². The van der Waals surface area contributed by atoms with Crippen LogP contribution >= 0.6 is 11.6 Å². The van der Waals surface area contributed by atoms with Crippen molar-refractivity contribution < 1.29 is 9.32 Å². The van der Waals surface area contributed by atoms with Gasteiger partial charge in [0.15, 0.2) is 0 Å². The van der Waals surface area contributed by atoms with E-state index in [9.17, 15) is 4.79 Å². The van der Waals surface area contributed by atoms with Crippen LogP contribution in [0.4, 0.5) is 5.69 Å². The number of nitrogens with one attached hydrogen (secondary N) is 1. The second kappa shape index (κ2) is 8.06. The molecule has 140 valence electrons. The highest BCUT2D eigenvalue weighted by Gasteiger charge is 2.12. The van der Waals surface area contributed by atoms with Gasteiger partial charge in [-0.25, -0.2) is 4.98 Å². The van der Waals surface area contributed by atoms with Crippen LogP contribution in [0.15, 0.2) is 71.8 Å². The molecule has 0 atom stereocenters. The monoisotopic (exact) mass is 393 g/mol. The molecule has 0 aliphatic rings. The molecule has 0 fully saturated rings. The summed E-state index contributed by atoms with van der Waals surface area (Å²) < 4.78 is 7.09. The van der Waals surface area contributed by atoms with E-state index in [2.05, 4.69) is 20.4 Å². The number of aromatic nitrogens is 4. The Bertz CT molecular complexity index is 1070. The molecule has 0 saturated carbocycles. The van der Waals surface area contributed by atoms with Crippen LogP contribution in [-0.2, 0) is 11.2 Å². The zero-order chi connectivity index (χ0) is 19.3. The number of aryl methyl sites for hydroxylation is 1. The highest BCUT2D eigenvalue weighted by Crippen LogP contribution is 2.21. The van der Waals surface area contributed by atoms with E-state index in [4.69, 9.17) is 16.1 Å². The molecular weight excluding hydrogens is 378 g/mol. The Morgan fingerprint density at radius 3 is 2.75 bits per heavy atom. The lowest BCUT2D eigenvalue weighted by molar-refractivity contribution is -0.116. The fourth-order valence-electron chi connectivity index (χ4n) is 2.71. The Labute approximate surface area is 166 Å². The predicted molar refractivity (Wildman–Crippen MR) is 105 cm³/mol. The molecule has 0 aliphatic carbocycles. The number of nitrogens with zero attached hydrogens (tertiary/aromatic N) is 4. The summed E-state index contributed by atoms with van der Waals surface area (Å²) in [5.74, 6) is 0.735. The van der Waals surface area contributed by atoms with Crippen LogP contribution < -0.4 is 5.32 Å². The average molecular weight is 394 g/mol. The van der Waals surface area contributed by atoms with Gasteiger partial charge in [-0.15, -0.1) is 0 Å². The van der Waals surface area contributed by atoms with Crippen molar-refractivity contribution >= 4 is 23.2 Å². The summed E-state index contributed by atoms with van der Waals surface area (Å²) in [4.78, 5) is 20.8. The minimum absolute atomic E-state index is 0.140. The largest absolute Gasteiger partial charge is 0.339 e. The van der Waals surface area contributed by atoms with Crippen LogP contribution in [0.25, 0.3) is 17.1 Å². The van der Waals surface area contributed by atoms with Crippen molar-refractivity contribution in [1.82, 2.24) is 19.7 Å². The number of hydrogen-bond donors (Lipinski definition) is 1. The van der Waals surface area contributed by atoms with E-state index in [-0.39, 0.29) is 12.3 Å². The van der Waals surface area contributed by atoms with E-state index < -0.39 is 0 Å². The number of imidazole rings is 1. The lowest BCUT2D eigenvalue weighted by Gasteiger charge is -2.11. The molecule has 7 nitrogen and oxygen atoms in total. The average Bonchev–Trinajstić information content (AvgIpc) is 3.40. The minimum Gasteiger partial charge on any atom is -0.339 e. The highest BCUT2D eigenvalue weighted by atomic mass is 35.5. The molecule has 0 aliphatic heterocycles. The molecule has 2 heterocycles. The number of amides is 1. The Morgan fingerprint density at radius 2 is 1.96 bits per heavy atom. The zero-order valence-electron chi connectivity index (χ0n) is 14.7. The summed E-state index contributed by atoms with van der Waals surface area (Å²) in [6.07, 6.45) is 5.76. The molecular formula is C20H16ClN5O2. The van der Waals surface area contributed by atoms with Crippen molar-refractivity contribution in [2.75, 3.05) is 5.32 Å². The minimum atomic E-state index is -0.140. The number of carbonyl (C=O) groups excluding carboxylic acids is 1. The fraction of sp³-hybridized carbons (Fsp3) is 0.100. The lowest BCUT2D eigenvalue weighted by atomic mass is 10.2. The van der Waals surface area contributed by atoms with Crippen LogP contribution in [0.5, 0.6) is 0 Å². The summed E-state index contributed by atoms with van der Waals surface area (Å²) in [5.41, 5.74) is 2.35. The molecule has 1 amide bonds. The summed E-state index contributed by atoms with van der Waals surface area (Å²) in [7, 11) is 0. The van der Waals surface area contributed by atoms with Crippen molar-refractivity contribution in [1.29, 1.82) is 0 Å². The first-order chi connectivity index (χ1) is 13.7. The molecule has 0 saturated heterocycles. The Kier molecular flexibility index (Phi) is 5.16. The molecule has 2 aromatic heterocycles. The molecule has 0 spiro atoms. The van der Waals surface area contributed by atoms with E-state index in [1.54, 1.807) is 24.7 Å². The van der Waals surface area contributed by atoms with Gasteiger partial charge in [0.1, 0.15) is 0 Å². The summed E-state index contributed by atoms with van der Waals surface area (Å²) in [6, 6.07) is 14.7. The highest BCUT2D eigenvalue weighted by molar-refractivity contribution is 6.30. The standard InChI is InChI=1S/C20H16ClN5O2/c21-15-7-5-14(6-8-15)20-24-19(28-25-20)10-9-18(27)23-16-3-1-2-4-17(16)26-12-11-22-13-26/h1-8,11-13H,9-10H2,(H,23,27). The van der Waals surface area contributed by atoms with Crippen LogP contribution in [0.3, 0.4) is 0 Å². The van der Waals surface area contributed by atoms with Crippen molar-refractivity contribution in [3.05, 3.63) is 78.2 Å². The third-order valence-corrected chi connectivity index (χ3v) is 4.35. The van der Waals surface area contributed by atoms with Crippen molar-refractivity contribution in [2.45, 2.75) is 12.8 Å². The maximum atomic E-state index is 12.4. The summed E-state index contributed by atoms with van der Waals surface area (Å²) >= 11 is 5.89. The van der Waals surface area contributed by atoms with Crippen LogP contribution in [0, 0.1) is 0 Å². The molecule has 28 heavy (non-hydrogen) atoms. The van der Waals surface area contributed by atoms with Gasteiger partial charge in [0, 0.05) is 35.8 Å². The van der Waals surface area contributed by atoms with E-state index >= 15 is 0 Å². The molecule has 4 rings (SSSR count). The van der Waals surface area contributed by atoms with Gasteiger partial charge in [-0.3, -0.25) is 4.79 Å². The van der Waals surface area contributed by atoms with E-state index in [1.807, 2.05) is 47.2 Å². The number of rotatable bonds is 6. The first-order valence-corrected chi connectivity index (χ1v) is 9.02. The smallest absolute Gasteiger partial charge is 0.227 e. The quantitative estimate of drug-likeness (QED) is 0.532. The van der Waals surface area contributed by atoms with Crippen molar-refractivity contribution in [3.63, 3.8) is 0 Å². The predicted octanol–water partition coefficient (Wildman–Crippen LogP) is 4.15. The first-order valence-electron chi connectivity index (χ1n) is 8.65. The van der Waals surface area contributed by atoms with Crippen molar-refractivity contribution in [2.24, 2.45) is 0 Å². The third kappa shape index (κ3) is 4.10. The number of para-hydroxylation sites is 2. The van der Waals surface area contributed by atoms with Gasteiger partial charge in [0.25, 0.3) is 0 Å². The third-order valence-electron chi connectivity index (χ3n) is 4.10. The normalized spacial score (nSPS) is 10.8. The lowest BCUT2D eigenvalue weighted by Crippen LogP contribution is -2.14. The second-order valence-electron chi connectivity index (χ2n) is 6.05. The summed E-state index contributed by atoms with van der Waals surface area (Å²) in [6.45, 7) is 0. The maximum absolute atomic E-state index is 12.4. The van der Waals surface area contributed by atoms with Crippen LogP contribution in [0.1, 0.15) is 12.3 Å². The molecule has 8 heteroatoms. The van der Waals surface area contributed by atoms with Crippen molar-refractivity contribution in [3.8, 4) is 17.1 Å². The van der Waals surface area contributed by atoms with Crippen LogP contribution in [0.2, 0.25) is 5.02 Å². The van der Waals surface area contributed by atoms with E-state index in [0.717, 1.165) is 11.3 Å². The number of halogens is 1. The van der Waals surface area contributed by atoms with Crippen LogP contribution in [-0.4, -0.2) is 25.6 Å². The van der Waals surface area contributed by atoms with E-state index in [1.165, 1.54) is 0 Å². The van der Waals surface area contributed by atoms with Gasteiger partial charge in [0.05, 0.1) is 17.7 Å². The molecule has 0 unspecified atom stereocenters. The Balaban J connectivity index is 1.39. The van der Waals surface area contributed by atoms with Gasteiger partial charge >= 0.3 is 0 Å².